The lowest BCUT2D eigenvalue weighted by atomic mass is 10.1. The Labute approximate surface area is 79.6 Å². The maximum Gasteiger partial charge on any atom is 0.195 e. The fourth-order valence-electron chi connectivity index (χ4n) is 1.72. The number of hydrogen-bond donors (Lipinski definition) is 0. The second-order valence-electron chi connectivity index (χ2n) is 3.04. The average molecular weight is 186 g/mol. The van der Waals surface area contributed by atoms with Crippen LogP contribution in [0.4, 0.5) is 0 Å². The van der Waals surface area contributed by atoms with Crippen molar-refractivity contribution < 1.29 is 4.79 Å². The molecule has 1 aliphatic rings. The Kier molecular flexibility index (Phi) is 1.24. The van der Waals surface area contributed by atoms with Crippen LogP contribution in [0.5, 0.6) is 0 Å². The molecule has 1 aliphatic carbocycles. The van der Waals surface area contributed by atoms with E-state index in [1.807, 2.05) is 35.7 Å². The van der Waals surface area contributed by atoms with E-state index in [1.54, 1.807) is 11.3 Å². The molecule has 0 atom stereocenters. The molecule has 0 fully saturated rings. The quantitative estimate of drug-likeness (QED) is 0.527. The van der Waals surface area contributed by atoms with Gasteiger partial charge in [0.05, 0.1) is 0 Å². The molecule has 2 aromatic rings. The van der Waals surface area contributed by atoms with Crippen molar-refractivity contribution in [3.63, 3.8) is 0 Å². The summed E-state index contributed by atoms with van der Waals surface area (Å²) in [4.78, 5) is 12.9. The van der Waals surface area contributed by atoms with Crippen molar-refractivity contribution in [3.8, 4) is 10.4 Å². The van der Waals surface area contributed by atoms with Crippen LogP contribution in [0.15, 0.2) is 35.7 Å². The smallest absolute Gasteiger partial charge is 0.195 e. The van der Waals surface area contributed by atoms with Crippen LogP contribution in [0.25, 0.3) is 10.4 Å². The second-order valence-corrected chi connectivity index (χ2v) is 3.95. The molecule has 1 aromatic heterocycles. The van der Waals surface area contributed by atoms with Crippen molar-refractivity contribution in [1.29, 1.82) is 0 Å². The van der Waals surface area contributed by atoms with Crippen molar-refractivity contribution in [1.82, 2.24) is 0 Å². The first-order valence-corrected chi connectivity index (χ1v) is 4.97. The van der Waals surface area contributed by atoms with Gasteiger partial charge in [-0.25, -0.2) is 0 Å². The Morgan fingerprint density at radius 3 is 2.54 bits per heavy atom. The number of thiophene rings is 1. The van der Waals surface area contributed by atoms with Crippen LogP contribution in [-0.2, 0) is 0 Å². The van der Waals surface area contributed by atoms with Crippen LogP contribution in [-0.4, -0.2) is 5.78 Å². The van der Waals surface area contributed by atoms with Gasteiger partial charge < -0.3 is 0 Å². The molecule has 2 heteroatoms. The van der Waals surface area contributed by atoms with Gasteiger partial charge in [-0.15, -0.1) is 11.3 Å². The van der Waals surface area contributed by atoms with Gasteiger partial charge in [0.25, 0.3) is 0 Å². The molecule has 3 rings (SSSR count). The standard InChI is InChI=1S/C11H6OS/c12-10-7-3-1-2-4-8(7)11-9(10)5-6-13-11/h1-6H. The molecule has 1 nitrogen and oxygen atoms in total. The molecular formula is C11H6OS. The molecule has 13 heavy (non-hydrogen) atoms. The Balaban J connectivity index is 2.43. The number of carbonyl (C=O) groups excluding carboxylic acids is 1. The van der Waals surface area contributed by atoms with Gasteiger partial charge in [-0.1, -0.05) is 24.3 Å². The largest absolute Gasteiger partial charge is 0.289 e. The van der Waals surface area contributed by atoms with E-state index < -0.39 is 0 Å². The number of hydrogen-bond acceptors (Lipinski definition) is 2. The minimum atomic E-state index is 0.173. The van der Waals surface area contributed by atoms with Crippen molar-refractivity contribution in [2.24, 2.45) is 0 Å². The Hall–Kier alpha value is -1.41. The fraction of sp³-hybridized carbons (Fsp3) is 0. The Morgan fingerprint density at radius 1 is 0.923 bits per heavy atom. The second kappa shape index (κ2) is 2.30. The molecule has 0 aliphatic heterocycles. The van der Waals surface area contributed by atoms with Gasteiger partial charge in [-0.2, -0.15) is 0 Å². The van der Waals surface area contributed by atoms with E-state index in [9.17, 15) is 4.79 Å². The summed E-state index contributed by atoms with van der Waals surface area (Å²) in [6, 6.07) is 9.69. The van der Waals surface area contributed by atoms with E-state index in [0.29, 0.717) is 0 Å². The highest BCUT2D eigenvalue weighted by molar-refractivity contribution is 7.14. The molecule has 0 unspecified atom stereocenters. The summed E-state index contributed by atoms with van der Waals surface area (Å²) >= 11 is 1.64. The van der Waals surface area contributed by atoms with E-state index in [1.165, 1.54) is 0 Å². The molecule has 0 N–H and O–H groups in total. The van der Waals surface area contributed by atoms with Gasteiger partial charge >= 0.3 is 0 Å². The summed E-state index contributed by atoms with van der Waals surface area (Å²) in [5.74, 6) is 0.173. The maximum atomic E-state index is 11.8. The van der Waals surface area contributed by atoms with Crippen LogP contribution in [0.2, 0.25) is 0 Å². The molecule has 0 bridgehead atoms. The van der Waals surface area contributed by atoms with Crippen molar-refractivity contribution in [2.75, 3.05) is 0 Å². The van der Waals surface area contributed by atoms with Crippen LogP contribution < -0.4 is 0 Å². The minimum absolute atomic E-state index is 0.173. The van der Waals surface area contributed by atoms with E-state index in [-0.39, 0.29) is 5.78 Å². The Bertz CT molecular complexity index is 496. The van der Waals surface area contributed by atoms with E-state index in [4.69, 9.17) is 0 Å². The molecule has 1 aromatic carbocycles. The predicted molar refractivity (Wildman–Crippen MR) is 53.2 cm³/mol. The fourth-order valence-corrected chi connectivity index (χ4v) is 2.65. The molecule has 0 amide bonds. The summed E-state index contributed by atoms with van der Waals surface area (Å²) in [5, 5.41) is 1.97. The third kappa shape index (κ3) is 0.783. The van der Waals surface area contributed by atoms with E-state index >= 15 is 0 Å². The highest BCUT2D eigenvalue weighted by Gasteiger charge is 2.26. The first-order valence-electron chi connectivity index (χ1n) is 4.09. The molecule has 1 heterocycles. The number of carbonyl (C=O) groups is 1. The third-order valence-corrected chi connectivity index (χ3v) is 3.27. The predicted octanol–water partition coefficient (Wildman–Crippen LogP) is 2.96. The molecule has 0 saturated carbocycles. The van der Waals surface area contributed by atoms with Crippen LogP contribution in [0.1, 0.15) is 15.9 Å². The summed E-state index contributed by atoms with van der Waals surface area (Å²) in [6.45, 7) is 0. The zero-order valence-corrected chi connectivity index (χ0v) is 7.60. The molecule has 0 radical (unpaired) electrons. The molecule has 62 valence electrons. The number of rotatable bonds is 0. The van der Waals surface area contributed by atoms with E-state index in [0.717, 1.165) is 21.6 Å². The molecular weight excluding hydrogens is 180 g/mol. The van der Waals surface area contributed by atoms with Gasteiger partial charge in [0.1, 0.15) is 0 Å². The SMILES string of the molecule is O=C1c2ccccc2-c2sccc21. The van der Waals surface area contributed by atoms with Gasteiger partial charge in [0, 0.05) is 21.6 Å². The zero-order valence-electron chi connectivity index (χ0n) is 6.78. The van der Waals surface area contributed by atoms with Crippen LogP contribution in [0.3, 0.4) is 0 Å². The lowest BCUT2D eigenvalue weighted by molar-refractivity contribution is 0.104. The van der Waals surface area contributed by atoms with Crippen molar-refractivity contribution in [3.05, 3.63) is 46.8 Å². The minimum Gasteiger partial charge on any atom is -0.289 e. The normalized spacial score (nSPS) is 12.8. The van der Waals surface area contributed by atoms with Crippen LogP contribution >= 0.6 is 11.3 Å². The molecule has 0 saturated heterocycles. The molecule has 0 spiro atoms. The summed E-state index contributed by atoms with van der Waals surface area (Å²) in [5.41, 5.74) is 2.81. The average Bonchev–Trinajstić information content (AvgIpc) is 2.72. The summed E-state index contributed by atoms with van der Waals surface area (Å²) in [7, 11) is 0. The van der Waals surface area contributed by atoms with Gasteiger partial charge in [-0.3, -0.25) is 4.79 Å². The summed E-state index contributed by atoms with van der Waals surface area (Å²) < 4.78 is 0. The first-order chi connectivity index (χ1) is 6.38. The first kappa shape index (κ1) is 7.04. The van der Waals surface area contributed by atoms with Gasteiger partial charge in [-0.05, 0) is 11.4 Å². The number of benzene rings is 1. The van der Waals surface area contributed by atoms with Crippen LogP contribution in [0, 0.1) is 0 Å². The third-order valence-electron chi connectivity index (χ3n) is 2.33. The summed E-state index contributed by atoms with van der Waals surface area (Å²) in [6.07, 6.45) is 0. The highest BCUT2D eigenvalue weighted by atomic mass is 32.1. The monoisotopic (exact) mass is 186 g/mol. The van der Waals surface area contributed by atoms with Gasteiger partial charge in [0.2, 0.25) is 0 Å². The number of ketones is 1. The lowest BCUT2D eigenvalue weighted by Crippen LogP contribution is -1.92. The number of fused-ring (bicyclic) bond motifs is 3. The zero-order chi connectivity index (χ0) is 8.84. The topological polar surface area (TPSA) is 17.1 Å². The van der Waals surface area contributed by atoms with Gasteiger partial charge in [0.15, 0.2) is 5.78 Å². The lowest BCUT2D eigenvalue weighted by Gasteiger charge is -1.94. The Morgan fingerprint density at radius 2 is 1.69 bits per heavy atom. The maximum absolute atomic E-state index is 11.8. The van der Waals surface area contributed by atoms with Crippen molar-refractivity contribution >= 4 is 17.1 Å². The highest BCUT2D eigenvalue weighted by Crippen LogP contribution is 2.39. The van der Waals surface area contributed by atoms with Crippen molar-refractivity contribution in [2.45, 2.75) is 0 Å². The van der Waals surface area contributed by atoms with E-state index in [2.05, 4.69) is 0 Å².